The maximum absolute atomic E-state index is 13.4. The predicted octanol–water partition coefficient (Wildman–Crippen LogP) is 6.12. The van der Waals surface area contributed by atoms with Gasteiger partial charge in [0.1, 0.15) is 17.4 Å². The Bertz CT molecular complexity index is 1160. The number of carbonyl (C=O) groups excluding carboxylic acids is 2. The molecule has 1 unspecified atom stereocenters. The van der Waals surface area contributed by atoms with Crippen LogP contribution in [0.1, 0.15) is 107 Å². The topological polar surface area (TPSA) is 98.0 Å². The first-order valence-corrected chi connectivity index (χ1v) is 14.3. The monoisotopic (exact) mass is 539 g/mol. The number of esters is 1. The molecule has 1 heterocycles. The predicted molar refractivity (Wildman–Crippen MR) is 153 cm³/mol. The average Bonchev–Trinajstić information content (AvgIpc) is 3.24. The molecule has 1 atom stereocenters. The molecule has 0 bridgehead atoms. The van der Waals surface area contributed by atoms with E-state index >= 15 is 0 Å². The van der Waals surface area contributed by atoms with Gasteiger partial charge in [-0.1, -0.05) is 6.92 Å². The van der Waals surface area contributed by atoms with Crippen LogP contribution in [0.4, 0.5) is 0 Å². The van der Waals surface area contributed by atoms with Gasteiger partial charge in [0.15, 0.2) is 11.3 Å². The van der Waals surface area contributed by atoms with Crippen LogP contribution in [0, 0.1) is 18.3 Å². The molecule has 1 aromatic heterocycles. The van der Waals surface area contributed by atoms with Crippen LogP contribution < -0.4 is 10.1 Å². The van der Waals surface area contributed by atoms with Crippen LogP contribution >= 0.6 is 0 Å². The zero-order valence-electron chi connectivity index (χ0n) is 24.2. The van der Waals surface area contributed by atoms with Crippen molar-refractivity contribution in [3.05, 3.63) is 29.0 Å². The number of nitrogens with one attached hydrogen (secondary N) is 1. The summed E-state index contributed by atoms with van der Waals surface area (Å²) >= 11 is 0. The van der Waals surface area contributed by atoms with Crippen molar-refractivity contribution >= 4 is 22.8 Å². The molecule has 39 heavy (non-hydrogen) atoms. The number of ether oxygens (including phenoxy) is 2. The summed E-state index contributed by atoms with van der Waals surface area (Å²) in [6.07, 6.45) is 13.2. The van der Waals surface area contributed by atoms with Crippen LogP contribution in [0.25, 0.3) is 11.0 Å². The Kier molecular flexibility index (Phi) is 10.9. The van der Waals surface area contributed by atoms with Gasteiger partial charge < -0.3 is 24.3 Å². The van der Waals surface area contributed by atoms with Crippen molar-refractivity contribution < 1.29 is 28.6 Å². The van der Waals surface area contributed by atoms with Gasteiger partial charge in [-0.15, -0.1) is 12.3 Å². The van der Waals surface area contributed by atoms with Crippen molar-refractivity contribution in [2.45, 2.75) is 116 Å². The molecule has 3 rings (SSSR count). The Morgan fingerprint density at radius 1 is 1.23 bits per heavy atom. The van der Waals surface area contributed by atoms with Crippen molar-refractivity contribution in [3.8, 4) is 18.1 Å². The van der Waals surface area contributed by atoms with Gasteiger partial charge in [-0.2, -0.15) is 0 Å². The Morgan fingerprint density at radius 2 is 1.95 bits per heavy atom. The highest BCUT2D eigenvalue weighted by atomic mass is 16.5. The number of hydrogen-bond donors (Lipinski definition) is 2. The van der Waals surface area contributed by atoms with Crippen LogP contribution in [0.2, 0.25) is 0 Å². The number of aliphatic hydroxyl groups is 1. The summed E-state index contributed by atoms with van der Waals surface area (Å²) < 4.78 is 17.7. The number of furan rings is 1. The van der Waals surface area contributed by atoms with Crippen molar-refractivity contribution in [1.82, 2.24) is 5.32 Å². The molecule has 7 heteroatoms. The Balaban J connectivity index is 1.76. The molecule has 0 saturated heterocycles. The summed E-state index contributed by atoms with van der Waals surface area (Å²) in [7, 11) is 1.56. The fraction of sp³-hybridized carbons (Fsp3) is 0.625. The van der Waals surface area contributed by atoms with E-state index < -0.39 is 11.6 Å². The van der Waals surface area contributed by atoms with E-state index in [1.165, 1.54) is 0 Å². The molecule has 2 aromatic rings. The maximum atomic E-state index is 13.4. The van der Waals surface area contributed by atoms with E-state index in [0.717, 1.165) is 44.1 Å². The molecule has 0 aliphatic heterocycles. The molecule has 1 amide bonds. The van der Waals surface area contributed by atoms with E-state index in [2.05, 4.69) is 18.2 Å². The molecule has 7 nitrogen and oxygen atoms in total. The summed E-state index contributed by atoms with van der Waals surface area (Å²) in [5.74, 6) is 3.85. The standard InChI is InChI=1S/C32H45NO6/c1-7-8-11-26-29(31(35)38-24-15-12-21(2)13-16-24)25-19-23(20-27(37-6)30(25)39-26)14-17-28(34)33-22(3)10-9-18-32(4,5)36/h1,19-22,24,36H,8-18H2,2-6H3,(H,33,34). The van der Waals surface area contributed by atoms with Gasteiger partial charge in [0, 0.05) is 30.7 Å². The minimum absolute atomic E-state index is 0.0219. The highest BCUT2D eigenvalue weighted by Crippen LogP contribution is 2.36. The number of carbonyl (C=O) groups is 2. The van der Waals surface area contributed by atoms with Crippen LogP contribution in [0.5, 0.6) is 5.75 Å². The number of hydrogen-bond acceptors (Lipinski definition) is 6. The molecular weight excluding hydrogens is 494 g/mol. The van der Waals surface area contributed by atoms with E-state index in [4.69, 9.17) is 20.3 Å². The molecule has 1 aliphatic rings. The fourth-order valence-corrected chi connectivity index (χ4v) is 5.23. The lowest BCUT2D eigenvalue weighted by molar-refractivity contribution is -0.121. The number of rotatable bonds is 13. The SMILES string of the molecule is C#CCCc1oc2c(OC)cc(CCC(=O)NC(C)CCCC(C)(C)O)cc2c1C(=O)OC1CCC(C)CC1. The Labute approximate surface area is 233 Å². The largest absolute Gasteiger partial charge is 0.493 e. The molecule has 1 aliphatic carbocycles. The number of fused-ring (bicyclic) bond motifs is 1. The van der Waals surface area contributed by atoms with Crippen molar-refractivity contribution in [2.24, 2.45) is 5.92 Å². The summed E-state index contributed by atoms with van der Waals surface area (Å²) in [4.78, 5) is 26.1. The smallest absolute Gasteiger partial charge is 0.342 e. The molecule has 0 spiro atoms. The summed E-state index contributed by atoms with van der Waals surface area (Å²) in [5, 5.41) is 13.6. The van der Waals surface area contributed by atoms with E-state index in [1.54, 1.807) is 21.0 Å². The van der Waals surface area contributed by atoms with E-state index in [9.17, 15) is 14.7 Å². The molecule has 2 N–H and O–H groups in total. The summed E-state index contributed by atoms with van der Waals surface area (Å²) in [6, 6.07) is 3.78. The number of terminal acetylenes is 1. The minimum atomic E-state index is -0.699. The highest BCUT2D eigenvalue weighted by Gasteiger charge is 2.28. The Hall–Kier alpha value is -2.98. The van der Waals surface area contributed by atoms with Gasteiger partial charge in [-0.25, -0.2) is 4.79 Å². The second-order valence-corrected chi connectivity index (χ2v) is 11.7. The summed E-state index contributed by atoms with van der Waals surface area (Å²) in [5.41, 5.74) is 1.07. The van der Waals surface area contributed by atoms with E-state index in [0.29, 0.717) is 66.1 Å². The zero-order valence-corrected chi connectivity index (χ0v) is 24.2. The highest BCUT2D eigenvalue weighted by molar-refractivity contribution is 6.06. The van der Waals surface area contributed by atoms with Gasteiger partial charge in [0.2, 0.25) is 5.91 Å². The molecule has 0 radical (unpaired) electrons. The van der Waals surface area contributed by atoms with E-state index in [1.807, 2.05) is 19.1 Å². The molecular formula is C32H45NO6. The normalized spacial score (nSPS) is 18.4. The summed E-state index contributed by atoms with van der Waals surface area (Å²) in [6.45, 7) is 7.79. The maximum Gasteiger partial charge on any atom is 0.342 e. The van der Waals surface area contributed by atoms with E-state index in [-0.39, 0.29) is 18.1 Å². The van der Waals surface area contributed by atoms with Gasteiger partial charge in [-0.3, -0.25) is 4.79 Å². The number of aryl methyl sites for hydroxylation is 2. The van der Waals surface area contributed by atoms with Crippen molar-refractivity contribution in [3.63, 3.8) is 0 Å². The third kappa shape index (κ3) is 9.03. The lowest BCUT2D eigenvalue weighted by Crippen LogP contribution is -2.33. The second-order valence-electron chi connectivity index (χ2n) is 11.7. The number of benzene rings is 1. The van der Waals surface area contributed by atoms with Crippen LogP contribution in [-0.4, -0.2) is 41.8 Å². The molecule has 214 valence electrons. The lowest BCUT2D eigenvalue weighted by atomic mass is 9.89. The quantitative estimate of drug-likeness (QED) is 0.235. The van der Waals surface area contributed by atoms with Crippen LogP contribution in [0.15, 0.2) is 16.5 Å². The fourth-order valence-electron chi connectivity index (χ4n) is 5.23. The lowest BCUT2D eigenvalue weighted by Gasteiger charge is -2.26. The van der Waals surface area contributed by atoms with Gasteiger partial charge in [-0.05, 0) is 95.8 Å². The molecule has 1 aromatic carbocycles. The first kappa shape index (κ1) is 30.6. The number of amides is 1. The second kappa shape index (κ2) is 13.9. The van der Waals surface area contributed by atoms with Gasteiger partial charge in [0.25, 0.3) is 0 Å². The average molecular weight is 540 g/mol. The zero-order chi connectivity index (χ0) is 28.6. The minimum Gasteiger partial charge on any atom is -0.493 e. The van der Waals surface area contributed by atoms with Gasteiger partial charge >= 0.3 is 5.97 Å². The van der Waals surface area contributed by atoms with Crippen LogP contribution in [-0.2, 0) is 22.4 Å². The van der Waals surface area contributed by atoms with Gasteiger partial charge in [0.05, 0.1) is 12.7 Å². The number of methoxy groups -OCH3 is 1. The first-order chi connectivity index (χ1) is 18.5. The molecule has 1 saturated carbocycles. The van der Waals surface area contributed by atoms with Crippen LogP contribution in [0.3, 0.4) is 0 Å². The third-order valence-corrected chi connectivity index (χ3v) is 7.52. The third-order valence-electron chi connectivity index (χ3n) is 7.52. The first-order valence-electron chi connectivity index (χ1n) is 14.3. The molecule has 1 fully saturated rings. The Morgan fingerprint density at radius 3 is 2.59 bits per heavy atom. The van der Waals surface area contributed by atoms with Crippen molar-refractivity contribution in [1.29, 1.82) is 0 Å². The van der Waals surface area contributed by atoms with Crippen molar-refractivity contribution in [2.75, 3.05) is 7.11 Å².